The quantitative estimate of drug-likeness (QED) is 0.841. The lowest BCUT2D eigenvalue weighted by atomic mass is 9.74. The zero-order valence-electron chi connectivity index (χ0n) is 15.1. The zero-order chi connectivity index (χ0) is 17.3. The van der Waals surface area contributed by atoms with Crippen LogP contribution in [-0.4, -0.2) is 38.8 Å². The molecule has 2 N–H and O–H groups in total. The molecule has 0 bridgehead atoms. The molecule has 2 saturated heterocycles. The normalized spacial score (nSPS) is 26.0. The molecule has 0 radical (unpaired) electrons. The first-order chi connectivity index (χ1) is 12.1. The molecule has 4 rings (SSSR count). The van der Waals surface area contributed by atoms with E-state index in [0.717, 1.165) is 50.8 Å². The fourth-order valence-electron chi connectivity index (χ4n) is 4.71. The lowest BCUT2D eigenvalue weighted by Crippen LogP contribution is -2.45. The second-order valence-electron chi connectivity index (χ2n) is 7.99. The highest BCUT2D eigenvalue weighted by Gasteiger charge is 2.57. The first-order valence-electron chi connectivity index (χ1n) is 9.46. The predicted octanol–water partition coefficient (Wildman–Crippen LogP) is 2.80. The number of hydrogen-bond acceptors (Lipinski definition) is 3. The molecule has 4 nitrogen and oxygen atoms in total. The van der Waals surface area contributed by atoms with E-state index >= 15 is 0 Å². The first-order valence-corrected chi connectivity index (χ1v) is 9.46. The van der Waals surface area contributed by atoms with E-state index in [9.17, 15) is 9.18 Å². The van der Waals surface area contributed by atoms with Gasteiger partial charge < -0.3 is 15.4 Å². The summed E-state index contributed by atoms with van der Waals surface area (Å²) in [5, 5.41) is 6.61. The fourth-order valence-corrected chi connectivity index (χ4v) is 4.71. The number of rotatable bonds is 4. The van der Waals surface area contributed by atoms with Gasteiger partial charge in [0.2, 0.25) is 5.91 Å². The number of carbonyl (C=O) groups excluding carboxylic acids is 1. The summed E-state index contributed by atoms with van der Waals surface area (Å²) in [7, 11) is 0. The molecule has 1 aliphatic carbocycles. The number of piperidine rings is 1. The molecular formula is C20H28ClFN2O2. The van der Waals surface area contributed by atoms with Crippen molar-refractivity contribution in [3.63, 3.8) is 0 Å². The second-order valence-corrected chi connectivity index (χ2v) is 7.99. The third-order valence-corrected chi connectivity index (χ3v) is 6.61. The van der Waals surface area contributed by atoms with Gasteiger partial charge in [-0.25, -0.2) is 4.39 Å². The number of halogens is 2. The molecule has 1 saturated carbocycles. The molecule has 1 unspecified atom stereocenters. The standard InChI is InChI=1S/C20H27FN2O2.ClH/c21-16-3-1-15(2-4-16)20(7-11-25-12-8-20)14-23-18(24)17-13-19(17)5-9-22-10-6-19;/h1-4,17,22H,5-14H2,(H,23,24);1H. The number of hydrogen-bond donors (Lipinski definition) is 2. The molecule has 3 fully saturated rings. The Morgan fingerprint density at radius 1 is 1.15 bits per heavy atom. The Kier molecular flexibility index (Phi) is 5.90. The van der Waals surface area contributed by atoms with Crippen molar-refractivity contribution in [2.75, 3.05) is 32.8 Å². The largest absolute Gasteiger partial charge is 0.381 e. The lowest BCUT2D eigenvalue weighted by Gasteiger charge is -2.38. The van der Waals surface area contributed by atoms with Crippen molar-refractivity contribution in [2.45, 2.75) is 37.5 Å². The topological polar surface area (TPSA) is 50.4 Å². The van der Waals surface area contributed by atoms with E-state index in [4.69, 9.17) is 4.74 Å². The third kappa shape index (κ3) is 3.75. The van der Waals surface area contributed by atoms with Crippen molar-refractivity contribution >= 4 is 18.3 Å². The van der Waals surface area contributed by atoms with Gasteiger partial charge in [0.05, 0.1) is 0 Å². The average molecular weight is 383 g/mol. The Hall–Kier alpha value is -1.17. The van der Waals surface area contributed by atoms with Gasteiger partial charge in [0.25, 0.3) is 0 Å². The van der Waals surface area contributed by atoms with Crippen LogP contribution in [0.3, 0.4) is 0 Å². The Bertz CT molecular complexity index is 625. The summed E-state index contributed by atoms with van der Waals surface area (Å²) >= 11 is 0. The Morgan fingerprint density at radius 2 is 1.81 bits per heavy atom. The van der Waals surface area contributed by atoms with Gasteiger partial charge in [-0.1, -0.05) is 12.1 Å². The smallest absolute Gasteiger partial charge is 0.223 e. The number of carbonyl (C=O) groups is 1. The van der Waals surface area contributed by atoms with Crippen molar-refractivity contribution < 1.29 is 13.9 Å². The maximum atomic E-state index is 13.3. The molecule has 2 heterocycles. The van der Waals surface area contributed by atoms with Crippen LogP contribution in [0.5, 0.6) is 0 Å². The highest BCUT2D eigenvalue weighted by Crippen LogP contribution is 2.58. The number of ether oxygens (including phenoxy) is 1. The van der Waals surface area contributed by atoms with Crippen molar-refractivity contribution in [2.24, 2.45) is 11.3 Å². The van der Waals surface area contributed by atoms with Crippen LogP contribution in [0.4, 0.5) is 4.39 Å². The van der Waals surface area contributed by atoms with Crippen LogP contribution in [0.25, 0.3) is 0 Å². The minimum absolute atomic E-state index is 0. The van der Waals surface area contributed by atoms with Crippen LogP contribution in [0.15, 0.2) is 24.3 Å². The highest BCUT2D eigenvalue weighted by atomic mass is 35.5. The molecule has 3 aliphatic rings. The zero-order valence-corrected chi connectivity index (χ0v) is 15.9. The van der Waals surface area contributed by atoms with Crippen LogP contribution < -0.4 is 10.6 Å². The minimum atomic E-state index is -0.221. The van der Waals surface area contributed by atoms with Crippen molar-refractivity contribution in [1.29, 1.82) is 0 Å². The van der Waals surface area contributed by atoms with Gasteiger partial charge in [0.1, 0.15) is 5.82 Å². The summed E-state index contributed by atoms with van der Waals surface area (Å²) in [5.41, 5.74) is 1.22. The van der Waals surface area contributed by atoms with E-state index in [-0.39, 0.29) is 40.9 Å². The van der Waals surface area contributed by atoms with Gasteiger partial charge >= 0.3 is 0 Å². The van der Waals surface area contributed by atoms with Gasteiger partial charge in [-0.3, -0.25) is 4.79 Å². The molecule has 1 spiro atoms. The predicted molar refractivity (Wildman–Crippen MR) is 101 cm³/mol. The van der Waals surface area contributed by atoms with Crippen LogP contribution >= 0.6 is 12.4 Å². The molecule has 144 valence electrons. The van der Waals surface area contributed by atoms with Crippen LogP contribution in [-0.2, 0) is 14.9 Å². The van der Waals surface area contributed by atoms with Crippen molar-refractivity contribution in [1.82, 2.24) is 10.6 Å². The summed E-state index contributed by atoms with van der Waals surface area (Å²) in [6.45, 7) is 4.05. The maximum Gasteiger partial charge on any atom is 0.223 e. The molecule has 2 aliphatic heterocycles. The highest BCUT2D eigenvalue weighted by molar-refractivity contribution is 5.85. The summed E-state index contributed by atoms with van der Waals surface area (Å²) in [5.74, 6) is 0.162. The van der Waals surface area contributed by atoms with E-state index in [1.165, 1.54) is 12.1 Å². The summed E-state index contributed by atoms with van der Waals surface area (Å²) in [6, 6.07) is 6.75. The molecule has 6 heteroatoms. The SMILES string of the molecule is Cl.O=C(NCC1(c2ccc(F)cc2)CCOCC1)C1CC12CCNCC2. The van der Waals surface area contributed by atoms with Crippen molar-refractivity contribution in [3.05, 3.63) is 35.6 Å². The molecule has 26 heavy (non-hydrogen) atoms. The van der Waals surface area contributed by atoms with Crippen molar-refractivity contribution in [3.8, 4) is 0 Å². The lowest BCUT2D eigenvalue weighted by molar-refractivity contribution is -0.123. The van der Waals surface area contributed by atoms with Gasteiger partial charge in [-0.15, -0.1) is 12.4 Å². The monoisotopic (exact) mass is 382 g/mol. The Morgan fingerprint density at radius 3 is 2.46 bits per heavy atom. The summed E-state index contributed by atoms with van der Waals surface area (Å²) < 4.78 is 18.8. The second kappa shape index (κ2) is 7.83. The van der Waals surface area contributed by atoms with Crippen LogP contribution in [0.1, 0.15) is 37.7 Å². The molecular weight excluding hydrogens is 355 g/mol. The Labute approximate surface area is 160 Å². The van der Waals surface area contributed by atoms with E-state index in [2.05, 4.69) is 10.6 Å². The molecule has 1 atom stereocenters. The van der Waals surface area contributed by atoms with E-state index in [0.29, 0.717) is 19.8 Å². The summed E-state index contributed by atoms with van der Waals surface area (Å²) in [4.78, 5) is 12.7. The van der Waals surface area contributed by atoms with E-state index < -0.39 is 0 Å². The van der Waals surface area contributed by atoms with Gasteiger partial charge in [-0.2, -0.15) is 0 Å². The third-order valence-electron chi connectivity index (χ3n) is 6.61. The Balaban J connectivity index is 0.00000196. The number of nitrogens with one attached hydrogen (secondary N) is 2. The molecule has 1 amide bonds. The number of benzene rings is 1. The van der Waals surface area contributed by atoms with Gasteiger partial charge in [0.15, 0.2) is 0 Å². The molecule has 1 aromatic carbocycles. The number of amides is 1. The van der Waals surface area contributed by atoms with E-state index in [1.54, 1.807) is 0 Å². The fraction of sp³-hybridized carbons (Fsp3) is 0.650. The van der Waals surface area contributed by atoms with Gasteiger partial charge in [-0.05, 0) is 68.3 Å². The molecule has 1 aromatic rings. The first kappa shape index (κ1) is 19.6. The van der Waals surface area contributed by atoms with E-state index in [1.807, 2.05) is 12.1 Å². The maximum absolute atomic E-state index is 13.3. The van der Waals surface area contributed by atoms with Gasteiger partial charge in [0, 0.05) is 31.1 Å². The van der Waals surface area contributed by atoms with Crippen LogP contribution in [0, 0.1) is 17.2 Å². The summed E-state index contributed by atoms with van der Waals surface area (Å²) in [6.07, 6.45) is 4.98. The molecule has 0 aromatic heterocycles. The minimum Gasteiger partial charge on any atom is -0.381 e. The average Bonchev–Trinajstić information content (AvgIpc) is 3.34. The van der Waals surface area contributed by atoms with Crippen LogP contribution in [0.2, 0.25) is 0 Å².